The number of carbonyl (C=O) groups is 1. The van der Waals surface area contributed by atoms with Crippen molar-refractivity contribution < 1.29 is 9.53 Å². The first-order chi connectivity index (χ1) is 11.2. The zero-order chi connectivity index (χ0) is 16.2. The second kappa shape index (κ2) is 6.53. The van der Waals surface area contributed by atoms with Crippen LogP contribution in [0.2, 0.25) is 0 Å². The van der Waals surface area contributed by atoms with Crippen molar-refractivity contribution in [3.05, 3.63) is 40.8 Å². The van der Waals surface area contributed by atoms with Crippen molar-refractivity contribution in [3.63, 3.8) is 0 Å². The van der Waals surface area contributed by atoms with E-state index in [1.54, 1.807) is 31.4 Å². The number of hydrogen-bond donors (Lipinski definition) is 3. The summed E-state index contributed by atoms with van der Waals surface area (Å²) in [7, 11) is 1.58. The highest BCUT2D eigenvalue weighted by Gasteiger charge is 2.09. The van der Waals surface area contributed by atoms with Gasteiger partial charge in [-0.3, -0.25) is 14.7 Å². The predicted octanol–water partition coefficient (Wildman–Crippen LogP) is 1.39. The molecule has 1 aromatic carbocycles. The normalized spacial score (nSPS) is 10.7. The van der Waals surface area contributed by atoms with Gasteiger partial charge in [-0.2, -0.15) is 5.10 Å². The molecule has 0 unspecified atom stereocenters. The number of amides is 1. The maximum atomic E-state index is 11.9. The molecule has 0 aliphatic heterocycles. The van der Waals surface area contributed by atoms with Crippen molar-refractivity contribution in [2.75, 3.05) is 18.2 Å². The Balaban J connectivity index is 1.62. The number of nitrogens with zero attached hydrogens (tertiary/aromatic N) is 2. The van der Waals surface area contributed by atoms with Gasteiger partial charge >= 0.3 is 0 Å². The molecule has 8 nitrogen and oxygen atoms in total. The van der Waals surface area contributed by atoms with Gasteiger partial charge in [-0.15, -0.1) is 0 Å². The standard InChI is InChI=1S/C14H13N5O3S/c1-22-9-4-2-8(3-5-9)16-11(20)7-23-14-17-12-10(6-15-19-12)13(21)18-14/h2-6H,7H2,1H3,(H,16,20)(H2,15,17,18,19,21). The highest BCUT2D eigenvalue weighted by molar-refractivity contribution is 7.99. The number of hydrogen-bond acceptors (Lipinski definition) is 6. The second-order valence-electron chi connectivity index (χ2n) is 4.57. The van der Waals surface area contributed by atoms with Gasteiger partial charge in [0.2, 0.25) is 5.91 Å². The van der Waals surface area contributed by atoms with Crippen LogP contribution in [-0.2, 0) is 4.79 Å². The lowest BCUT2D eigenvalue weighted by Gasteiger charge is -2.06. The van der Waals surface area contributed by atoms with Gasteiger partial charge in [0.25, 0.3) is 5.56 Å². The highest BCUT2D eigenvalue weighted by atomic mass is 32.2. The summed E-state index contributed by atoms with van der Waals surface area (Å²) >= 11 is 1.14. The van der Waals surface area contributed by atoms with Crippen LogP contribution in [0.15, 0.2) is 40.4 Å². The number of nitrogens with one attached hydrogen (secondary N) is 3. The summed E-state index contributed by atoms with van der Waals surface area (Å²) in [6, 6.07) is 7.01. The summed E-state index contributed by atoms with van der Waals surface area (Å²) in [5.41, 5.74) is 0.774. The predicted molar refractivity (Wildman–Crippen MR) is 86.9 cm³/mol. The second-order valence-corrected chi connectivity index (χ2v) is 5.53. The first kappa shape index (κ1) is 15.1. The minimum Gasteiger partial charge on any atom is -0.497 e. The van der Waals surface area contributed by atoms with Gasteiger partial charge in [0.1, 0.15) is 11.1 Å². The third-order valence-corrected chi connectivity index (χ3v) is 3.88. The quantitative estimate of drug-likeness (QED) is 0.481. The highest BCUT2D eigenvalue weighted by Crippen LogP contribution is 2.17. The number of aromatic amines is 2. The van der Waals surface area contributed by atoms with Gasteiger partial charge in [0, 0.05) is 5.69 Å². The summed E-state index contributed by atoms with van der Waals surface area (Å²) in [4.78, 5) is 30.5. The molecule has 0 bridgehead atoms. The molecule has 0 aliphatic rings. The van der Waals surface area contributed by atoms with Gasteiger partial charge in [-0.1, -0.05) is 11.8 Å². The lowest BCUT2D eigenvalue weighted by atomic mass is 10.3. The molecule has 0 aliphatic carbocycles. The van der Waals surface area contributed by atoms with Crippen molar-refractivity contribution in [3.8, 4) is 5.75 Å². The molecule has 0 spiro atoms. The van der Waals surface area contributed by atoms with Gasteiger partial charge in [-0.25, -0.2) is 4.98 Å². The molecular weight excluding hydrogens is 318 g/mol. The summed E-state index contributed by atoms with van der Waals surface area (Å²) in [5, 5.41) is 9.89. The smallest absolute Gasteiger partial charge is 0.262 e. The SMILES string of the molecule is COc1ccc(NC(=O)CSc2nc3[nH]ncc3c(=O)[nH]2)cc1. The van der Waals surface area contributed by atoms with Crippen LogP contribution >= 0.6 is 11.8 Å². The molecule has 0 saturated heterocycles. The van der Waals surface area contributed by atoms with Gasteiger partial charge in [-0.05, 0) is 24.3 Å². The molecule has 0 radical (unpaired) electrons. The Morgan fingerprint density at radius 1 is 1.35 bits per heavy atom. The molecule has 23 heavy (non-hydrogen) atoms. The van der Waals surface area contributed by atoms with Crippen molar-refractivity contribution in [1.82, 2.24) is 20.2 Å². The van der Waals surface area contributed by atoms with Crippen LogP contribution in [0.1, 0.15) is 0 Å². The Morgan fingerprint density at radius 2 is 2.13 bits per heavy atom. The fourth-order valence-corrected chi connectivity index (χ4v) is 2.56. The summed E-state index contributed by atoms with van der Waals surface area (Å²) in [5.74, 6) is 0.633. The minimum atomic E-state index is -0.290. The Kier molecular flexibility index (Phi) is 4.29. The van der Waals surface area contributed by atoms with Crippen molar-refractivity contribution in [2.24, 2.45) is 0 Å². The Hall–Kier alpha value is -2.81. The van der Waals surface area contributed by atoms with Crippen LogP contribution < -0.4 is 15.6 Å². The lowest BCUT2D eigenvalue weighted by Crippen LogP contribution is -2.15. The van der Waals surface area contributed by atoms with E-state index in [1.807, 2.05) is 0 Å². The fourth-order valence-electron chi connectivity index (χ4n) is 1.90. The third kappa shape index (κ3) is 3.51. The number of benzene rings is 1. The van der Waals surface area contributed by atoms with Crippen LogP contribution in [0.3, 0.4) is 0 Å². The van der Waals surface area contributed by atoms with Gasteiger partial charge in [0.15, 0.2) is 10.8 Å². The van der Waals surface area contributed by atoms with E-state index in [-0.39, 0.29) is 17.2 Å². The Bertz CT molecular complexity index is 887. The van der Waals surface area contributed by atoms with E-state index in [4.69, 9.17) is 4.74 Å². The Morgan fingerprint density at radius 3 is 2.87 bits per heavy atom. The molecule has 1 amide bonds. The number of methoxy groups -OCH3 is 1. The summed E-state index contributed by atoms with van der Waals surface area (Å²) < 4.78 is 5.05. The molecule has 2 heterocycles. The average molecular weight is 331 g/mol. The van der Waals surface area contributed by atoms with Crippen LogP contribution in [0.4, 0.5) is 5.69 Å². The number of anilines is 1. The van der Waals surface area contributed by atoms with Crippen LogP contribution in [0.5, 0.6) is 5.75 Å². The van der Waals surface area contributed by atoms with Gasteiger partial charge in [0.05, 0.1) is 19.1 Å². The van der Waals surface area contributed by atoms with Crippen molar-refractivity contribution in [1.29, 1.82) is 0 Å². The first-order valence-corrected chi connectivity index (χ1v) is 7.64. The number of rotatable bonds is 5. The van der Waals surface area contributed by atoms with E-state index in [9.17, 15) is 9.59 Å². The van der Waals surface area contributed by atoms with E-state index in [0.29, 0.717) is 27.6 Å². The summed E-state index contributed by atoms with van der Waals surface area (Å²) in [6.07, 6.45) is 1.41. The molecular formula is C14H13N5O3S. The number of H-pyrrole nitrogens is 2. The Labute approximate surface area is 134 Å². The topological polar surface area (TPSA) is 113 Å². The monoisotopic (exact) mass is 331 g/mol. The molecule has 118 valence electrons. The number of fused-ring (bicyclic) bond motifs is 1. The maximum Gasteiger partial charge on any atom is 0.262 e. The van der Waals surface area contributed by atoms with E-state index in [0.717, 1.165) is 11.8 Å². The first-order valence-electron chi connectivity index (χ1n) is 6.66. The number of ether oxygens (including phenoxy) is 1. The zero-order valence-electron chi connectivity index (χ0n) is 12.1. The zero-order valence-corrected chi connectivity index (χ0v) is 12.9. The molecule has 0 fully saturated rings. The molecule has 0 atom stereocenters. The van der Waals surface area contributed by atoms with E-state index >= 15 is 0 Å². The van der Waals surface area contributed by atoms with Gasteiger partial charge < -0.3 is 15.0 Å². The molecule has 3 rings (SSSR count). The van der Waals surface area contributed by atoms with Crippen LogP contribution in [0.25, 0.3) is 11.0 Å². The number of carbonyl (C=O) groups excluding carboxylic acids is 1. The van der Waals surface area contributed by atoms with Crippen LogP contribution in [-0.4, -0.2) is 38.9 Å². The van der Waals surface area contributed by atoms with E-state index in [2.05, 4.69) is 25.5 Å². The lowest BCUT2D eigenvalue weighted by molar-refractivity contribution is -0.113. The molecule has 3 aromatic rings. The number of aromatic nitrogens is 4. The summed E-state index contributed by atoms with van der Waals surface area (Å²) in [6.45, 7) is 0. The molecule has 0 saturated carbocycles. The largest absolute Gasteiger partial charge is 0.497 e. The maximum absolute atomic E-state index is 11.9. The van der Waals surface area contributed by atoms with Crippen LogP contribution in [0, 0.1) is 0 Å². The fraction of sp³-hybridized carbons (Fsp3) is 0.143. The molecule has 2 aromatic heterocycles. The van der Waals surface area contributed by atoms with Crippen molar-refractivity contribution in [2.45, 2.75) is 5.16 Å². The average Bonchev–Trinajstić information content (AvgIpc) is 3.03. The van der Waals surface area contributed by atoms with Crippen molar-refractivity contribution >= 4 is 34.4 Å². The molecule has 9 heteroatoms. The third-order valence-electron chi connectivity index (χ3n) is 3.01. The number of thioether (sulfide) groups is 1. The minimum absolute atomic E-state index is 0.120. The van der Waals surface area contributed by atoms with E-state index in [1.165, 1.54) is 6.20 Å². The molecule has 3 N–H and O–H groups in total. The van der Waals surface area contributed by atoms with E-state index < -0.39 is 0 Å².